The summed E-state index contributed by atoms with van der Waals surface area (Å²) in [4.78, 5) is 2.22. The molecule has 2 N–H and O–H groups in total. The molecule has 19 heavy (non-hydrogen) atoms. The van der Waals surface area contributed by atoms with Crippen LogP contribution in [0.1, 0.15) is 32.6 Å². The molecule has 0 aromatic heterocycles. The summed E-state index contributed by atoms with van der Waals surface area (Å²) in [5.74, 6) is 0.707. The van der Waals surface area contributed by atoms with E-state index in [4.69, 9.17) is 0 Å². The Bertz CT molecular complexity index is 366. The molecule has 2 fully saturated rings. The second-order valence-corrected chi connectivity index (χ2v) is 7.77. The van der Waals surface area contributed by atoms with Crippen molar-refractivity contribution in [2.24, 2.45) is 5.92 Å². The fourth-order valence-electron chi connectivity index (χ4n) is 2.96. The van der Waals surface area contributed by atoms with Crippen molar-refractivity contribution >= 4 is 10.0 Å². The van der Waals surface area contributed by atoms with Gasteiger partial charge >= 0.3 is 0 Å². The van der Waals surface area contributed by atoms with E-state index in [1.807, 2.05) is 0 Å². The molecule has 0 spiro atoms. The lowest BCUT2D eigenvalue weighted by Gasteiger charge is -2.30. The van der Waals surface area contributed by atoms with Gasteiger partial charge < -0.3 is 5.32 Å². The van der Waals surface area contributed by atoms with Crippen molar-refractivity contribution in [2.45, 2.75) is 38.6 Å². The fraction of sp³-hybridized carbons (Fsp3) is 1.00. The second-order valence-electron chi connectivity index (χ2n) is 5.90. The van der Waals surface area contributed by atoms with Gasteiger partial charge in [-0.25, -0.2) is 13.1 Å². The Morgan fingerprint density at radius 1 is 1.21 bits per heavy atom. The topological polar surface area (TPSA) is 61.4 Å². The lowest BCUT2D eigenvalue weighted by atomic mass is 9.87. The first-order valence-electron chi connectivity index (χ1n) is 7.50. The summed E-state index contributed by atoms with van der Waals surface area (Å²) in [6.45, 7) is 6.64. The molecular formula is C13H27N3O2S. The second kappa shape index (κ2) is 7.02. The normalized spacial score (nSPS) is 30.4. The number of nitrogens with one attached hydrogen (secondary N) is 2. The number of nitrogens with zero attached hydrogens (tertiary/aromatic N) is 1. The van der Waals surface area contributed by atoms with Gasteiger partial charge in [0.15, 0.2) is 0 Å². The zero-order chi connectivity index (χ0) is 13.7. The average molecular weight is 289 g/mol. The third kappa shape index (κ3) is 5.02. The number of hydrogen-bond acceptors (Lipinski definition) is 4. The van der Waals surface area contributed by atoms with Crippen molar-refractivity contribution in [1.29, 1.82) is 0 Å². The molecule has 0 amide bonds. The standard InChI is InChI=1S/C13H27N3O2S/c1-12-4-2-3-5-13(12)15-19(17,18)11-10-16-8-6-14-7-9-16/h12-15H,2-11H2,1H3. The van der Waals surface area contributed by atoms with E-state index in [1.54, 1.807) is 0 Å². The Hall–Kier alpha value is -0.170. The van der Waals surface area contributed by atoms with Crippen LogP contribution in [0.3, 0.4) is 0 Å². The third-order valence-corrected chi connectivity index (χ3v) is 5.71. The zero-order valence-electron chi connectivity index (χ0n) is 11.9. The molecule has 5 nitrogen and oxygen atoms in total. The molecule has 6 heteroatoms. The maximum Gasteiger partial charge on any atom is 0.213 e. The van der Waals surface area contributed by atoms with E-state index in [1.165, 1.54) is 6.42 Å². The molecule has 2 unspecified atom stereocenters. The SMILES string of the molecule is CC1CCCCC1NS(=O)(=O)CCN1CCNCC1. The van der Waals surface area contributed by atoms with Gasteiger partial charge in [0.05, 0.1) is 5.75 Å². The summed E-state index contributed by atoms with van der Waals surface area (Å²) >= 11 is 0. The van der Waals surface area contributed by atoms with Gasteiger partial charge in [0, 0.05) is 38.8 Å². The minimum Gasteiger partial charge on any atom is -0.314 e. The smallest absolute Gasteiger partial charge is 0.213 e. The first kappa shape index (κ1) is 15.2. The van der Waals surface area contributed by atoms with Crippen LogP contribution in [0.15, 0.2) is 0 Å². The molecule has 1 saturated heterocycles. The molecule has 1 saturated carbocycles. The van der Waals surface area contributed by atoms with Gasteiger partial charge in [-0.1, -0.05) is 19.8 Å². The van der Waals surface area contributed by atoms with Crippen molar-refractivity contribution < 1.29 is 8.42 Å². The molecule has 2 rings (SSSR count). The number of sulfonamides is 1. The zero-order valence-corrected chi connectivity index (χ0v) is 12.7. The lowest BCUT2D eigenvalue weighted by Crippen LogP contribution is -2.47. The number of rotatable bonds is 5. The molecule has 2 atom stereocenters. The maximum atomic E-state index is 12.1. The minimum absolute atomic E-state index is 0.154. The van der Waals surface area contributed by atoms with Crippen LogP contribution < -0.4 is 10.0 Å². The molecule has 0 aromatic rings. The van der Waals surface area contributed by atoms with Gasteiger partial charge in [0.1, 0.15) is 0 Å². The summed E-state index contributed by atoms with van der Waals surface area (Å²) in [5.41, 5.74) is 0. The fourth-order valence-corrected chi connectivity index (χ4v) is 4.39. The van der Waals surface area contributed by atoms with Crippen molar-refractivity contribution in [3.05, 3.63) is 0 Å². The largest absolute Gasteiger partial charge is 0.314 e. The summed E-state index contributed by atoms with van der Waals surface area (Å²) < 4.78 is 27.2. The molecule has 112 valence electrons. The quantitative estimate of drug-likeness (QED) is 0.769. The van der Waals surface area contributed by atoms with Crippen LogP contribution in [-0.4, -0.2) is 57.8 Å². The van der Waals surface area contributed by atoms with Crippen LogP contribution in [0.2, 0.25) is 0 Å². The van der Waals surface area contributed by atoms with Crippen molar-refractivity contribution in [3.8, 4) is 0 Å². The molecule has 0 aromatic carbocycles. The highest BCUT2D eigenvalue weighted by atomic mass is 32.2. The maximum absolute atomic E-state index is 12.1. The van der Waals surface area contributed by atoms with Crippen LogP contribution in [-0.2, 0) is 10.0 Å². The van der Waals surface area contributed by atoms with E-state index in [0.29, 0.717) is 12.5 Å². The van der Waals surface area contributed by atoms with Gasteiger partial charge in [0.2, 0.25) is 10.0 Å². The molecular weight excluding hydrogens is 262 g/mol. The van der Waals surface area contributed by atoms with E-state index in [0.717, 1.165) is 45.4 Å². The molecule has 0 bridgehead atoms. The predicted molar refractivity (Wildman–Crippen MR) is 77.7 cm³/mol. The van der Waals surface area contributed by atoms with E-state index >= 15 is 0 Å². The highest BCUT2D eigenvalue weighted by Crippen LogP contribution is 2.24. The Kier molecular flexibility index (Phi) is 5.62. The third-order valence-electron chi connectivity index (χ3n) is 4.33. The van der Waals surface area contributed by atoms with Crippen LogP contribution in [0.5, 0.6) is 0 Å². The first-order chi connectivity index (χ1) is 9.07. The van der Waals surface area contributed by atoms with Crippen molar-refractivity contribution in [2.75, 3.05) is 38.5 Å². The molecule has 1 heterocycles. The van der Waals surface area contributed by atoms with E-state index in [2.05, 4.69) is 21.9 Å². The monoisotopic (exact) mass is 289 g/mol. The summed E-state index contributed by atoms with van der Waals surface area (Å²) in [7, 11) is -3.13. The molecule has 2 aliphatic rings. The van der Waals surface area contributed by atoms with Crippen LogP contribution in [0, 0.1) is 5.92 Å². The molecule has 0 radical (unpaired) electrons. The average Bonchev–Trinajstić information content (AvgIpc) is 2.40. The van der Waals surface area contributed by atoms with Gasteiger partial charge in [-0.05, 0) is 18.8 Å². The Morgan fingerprint density at radius 3 is 2.58 bits per heavy atom. The summed E-state index contributed by atoms with van der Waals surface area (Å²) in [6, 6.07) is 0.154. The summed E-state index contributed by atoms with van der Waals surface area (Å²) in [5, 5.41) is 3.28. The van der Waals surface area contributed by atoms with Crippen LogP contribution in [0.25, 0.3) is 0 Å². The Labute approximate surface area is 117 Å². The predicted octanol–water partition coefficient (Wildman–Crippen LogP) is 0.390. The minimum atomic E-state index is -3.13. The first-order valence-corrected chi connectivity index (χ1v) is 9.15. The number of piperazine rings is 1. The number of hydrogen-bond donors (Lipinski definition) is 2. The highest BCUT2D eigenvalue weighted by Gasteiger charge is 2.26. The summed E-state index contributed by atoms with van der Waals surface area (Å²) in [6.07, 6.45) is 4.52. The van der Waals surface area contributed by atoms with Crippen molar-refractivity contribution in [3.63, 3.8) is 0 Å². The van der Waals surface area contributed by atoms with Gasteiger partial charge in [-0.3, -0.25) is 4.90 Å². The van der Waals surface area contributed by atoms with E-state index in [9.17, 15) is 8.42 Å². The Morgan fingerprint density at radius 2 is 1.89 bits per heavy atom. The lowest BCUT2D eigenvalue weighted by molar-refractivity contribution is 0.253. The van der Waals surface area contributed by atoms with Gasteiger partial charge in [-0.2, -0.15) is 0 Å². The van der Waals surface area contributed by atoms with E-state index < -0.39 is 10.0 Å². The molecule has 1 aliphatic carbocycles. The van der Waals surface area contributed by atoms with Crippen LogP contribution in [0.4, 0.5) is 0 Å². The highest BCUT2D eigenvalue weighted by molar-refractivity contribution is 7.89. The van der Waals surface area contributed by atoms with Gasteiger partial charge in [-0.15, -0.1) is 0 Å². The van der Waals surface area contributed by atoms with Crippen LogP contribution >= 0.6 is 0 Å². The van der Waals surface area contributed by atoms with E-state index in [-0.39, 0.29) is 11.8 Å². The van der Waals surface area contributed by atoms with Crippen molar-refractivity contribution in [1.82, 2.24) is 14.9 Å². The molecule has 1 aliphatic heterocycles. The van der Waals surface area contributed by atoms with Gasteiger partial charge in [0.25, 0.3) is 0 Å². The Balaban J connectivity index is 1.77.